The standard InChI is InChI=1S/C26H35N3O3/c30-25(27-32)15-9-1-2-10-16-26(31)29-19-17-28(18-20-29)21-24(22-11-5-3-6-12-22)23-13-7-4-8-14-23/h3-8,11-14,24,32H,1-2,9-10,15-21H2,(H,27,30). The van der Waals surface area contributed by atoms with Crippen LogP contribution in [-0.2, 0) is 9.59 Å². The number of carbonyl (C=O) groups is 2. The van der Waals surface area contributed by atoms with E-state index in [-0.39, 0.29) is 11.8 Å². The van der Waals surface area contributed by atoms with Crippen LogP contribution < -0.4 is 5.48 Å². The van der Waals surface area contributed by atoms with Crippen molar-refractivity contribution in [2.75, 3.05) is 32.7 Å². The number of hydroxylamine groups is 1. The summed E-state index contributed by atoms with van der Waals surface area (Å²) in [6, 6.07) is 21.3. The highest BCUT2D eigenvalue weighted by atomic mass is 16.5. The summed E-state index contributed by atoms with van der Waals surface area (Å²) in [4.78, 5) is 28.0. The zero-order valence-electron chi connectivity index (χ0n) is 18.8. The fourth-order valence-corrected chi connectivity index (χ4v) is 4.34. The van der Waals surface area contributed by atoms with Crippen LogP contribution in [0.4, 0.5) is 0 Å². The fraction of sp³-hybridized carbons (Fsp3) is 0.462. The molecule has 1 aliphatic heterocycles. The largest absolute Gasteiger partial charge is 0.340 e. The third-order valence-corrected chi connectivity index (χ3v) is 6.24. The monoisotopic (exact) mass is 437 g/mol. The van der Waals surface area contributed by atoms with Crippen LogP contribution >= 0.6 is 0 Å². The second-order valence-electron chi connectivity index (χ2n) is 8.50. The second-order valence-corrected chi connectivity index (χ2v) is 8.50. The number of carbonyl (C=O) groups excluding carboxylic acids is 2. The van der Waals surface area contributed by atoms with Crippen LogP contribution in [0.15, 0.2) is 60.7 Å². The molecule has 0 radical (unpaired) electrons. The molecule has 1 saturated heterocycles. The van der Waals surface area contributed by atoms with Crippen molar-refractivity contribution >= 4 is 11.8 Å². The van der Waals surface area contributed by atoms with Gasteiger partial charge in [0.05, 0.1) is 0 Å². The van der Waals surface area contributed by atoms with Crippen LogP contribution in [0.2, 0.25) is 0 Å². The highest BCUT2D eigenvalue weighted by molar-refractivity contribution is 5.76. The first-order chi connectivity index (χ1) is 15.7. The number of nitrogens with zero attached hydrogens (tertiary/aromatic N) is 2. The van der Waals surface area contributed by atoms with Crippen molar-refractivity contribution in [3.63, 3.8) is 0 Å². The van der Waals surface area contributed by atoms with Gasteiger partial charge in [0.25, 0.3) is 0 Å². The number of nitrogens with one attached hydrogen (secondary N) is 1. The van der Waals surface area contributed by atoms with Gasteiger partial charge in [0, 0.05) is 51.5 Å². The zero-order chi connectivity index (χ0) is 22.6. The highest BCUT2D eigenvalue weighted by Crippen LogP contribution is 2.26. The lowest BCUT2D eigenvalue weighted by atomic mass is 9.90. The van der Waals surface area contributed by atoms with Crippen LogP contribution in [0.25, 0.3) is 0 Å². The number of unbranched alkanes of at least 4 members (excludes halogenated alkanes) is 3. The van der Waals surface area contributed by atoms with Crippen molar-refractivity contribution in [2.45, 2.75) is 44.4 Å². The fourth-order valence-electron chi connectivity index (χ4n) is 4.34. The quantitative estimate of drug-likeness (QED) is 0.319. The maximum Gasteiger partial charge on any atom is 0.243 e. The minimum absolute atomic E-state index is 0.236. The Kier molecular flexibility index (Phi) is 9.72. The Morgan fingerprint density at radius 2 is 1.31 bits per heavy atom. The molecule has 2 aromatic rings. The lowest BCUT2D eigenvalue weighted by Gasteiger charge is -2.37. The molecule has 1 fully saturated rings. The van der Waals surface area contributed by atoms with E-state index in [1.807, 2.05) is 4.90 Å². The average molecular weight is 438 g/mol. The number of hydrogen-bond acceptors (Lipinski definition) is 4. The van der Waals surface area contributed by atoms with E-state index < -0.39 is 0 Å². The van der Waals surface area contributed by atoms with Gasteiger partial charge in [-0.15, -0.1) is 0 Å². The summed E-state index contributed by atoms with van der Waals surface area (Å²) in [6.07, 6.45) is 4.32. The second kappa shape index (κ2) is 13.0. The van der Waals surface area contributed by atoms with Crippen LogP contribution in [0, 0.1) is 0 Å². The number of piperazine rings is 1. The Morgan fingerprint density at radius 1 is 0.781 bits per heavy atom. The van der Waals surface area contributed by atoms with Crippen molar-refractivity contribution in [1.82, 2.24) is 15.3 Å². The first kappa shape index (κ1) is 24.0. The third-order valence-electron chi connectivity index (χ3n) is 6.24. The lowest BCUT2D eigenvalue weighted by molar-refractivity contribution is -0.133. The summed E-state index contributed by atoms with van der Waals surface area (Å²) >= 11 is 0. The Labute approximate surface area is 191 Å². The van der Waals surface area contributed by atoms with Gasteiger partial charge in [-0.1, -0.05) is 73.5 Å². The van der Waals surface area contributed by atoms with E-state index in [2.05, 4.69) is 65.6 Å². The lowest BCUT2D eigenvalue weighted by Crippen LogP contribution is -2.49. The Hall–Kier alpha value is -2.70. The highest BCUT2D eigenvalue weighted by Gasteiger charge is 2.24. The van der Waals surface area contributed by atoms with Crippen molar-refractivity contribution in [3.8, 4) is 0 Å². The molecule has 2 N–H and O–H groups in total. The van der Waals surface area contributed by atoms with Gasteiger partial charge >= 0.3 is 0 Å². The Balaban J connectivity index is 1.42. The third kappa shape index (κ3) is 7.46. The molecule has 0 spiro atoms. The van der Waals surface area contributed by atoms with E-state index in [1.165, 1.54) is 11.1 Å². The molecule has 3 rings (SSSR count). The molecule has 0 saturated carbocycles. The molecule has 2 aromatic carbocycles. The van der Waals surface area contributed by atoms with Crippen LogP contribution in [0.3, 0.4) is 0 Å². The Bertz CT molecular complexity index is 781. The summed E-state index contributed by atoms with van der Waals surface area (Å²) in [7, 11) is 0. The summed E-state index contributed by atoms with van der Waals surface area (Å²) in [6.45, 7) is 4.32. The van der Waals surface area contributed by atoms with E-state index in [4.69, 9.17) is 5.21 Å². The van der Waals surface area contributed by atoms with Gasteiger partial charge in [-0.05, 0) is 24.0 Å². The van der Waals surface area contributed by atoms with Crippen LogP contribution in [0.1, 0.15) is 55.6 Å². The van der Waals surface area contributed by atoms with Gasteiger partial charge in [-0.25, -0.2) is 5.48 Å². The SMILES string of the molecule is O=C(CCCCCCC(=O)N1CCN(CC(c2ccccc2)c2ccccc2)CC1)NO. The molecule has 6 heteroatoms. The number of benzene rings is 2. The minimum atomic E-state index is -0.347. The molecule has 0 aromatic heterocycles. The molecular weight excluding hydrogens is 402 g/mol. The molecular formula is C26H35N3O3. The number of hydrogen-bond donors (Lipinski definition) is 2. The number of rotatable bonds is 11. The van der Waals surface area contributed by atoms with E-state index in [0.717, 1.165) is 58.4 Å². The molecule has 0 unspecified atom stereocenters. The van der Waals surface area contributed by atoms with E-state index in [9.17, 15) is 9.59 Å². The van der Waals surface area contributed by atoms with Crippen LogP contribution in [0.5, 0.6) is 0 Å². The van der Waals surface area contributed by atoms with Gasteiger partial charge < -0.3 is 4.90 Å². The molecule has 0 atom stereocenters. The van der Waals surface area contributed by atoms with Crippen molar-refractivity contribution in [3.05, 3.63) is 71.8 Å². The minimum Gasteiger partial charge on any atom is -0.340 e. The first-order valence-electron chi connectivity index (χ1n) is 11.7. The maximum atomic E-state index is 12.6. The van der Waals surface area contributed by atoms with E-state index in [0.29, 0.717) is 18.8 Å². The molecule has 1 heterocycles. The van der Waals surface area contributed by atoms with Crippen LogP contribution in [-0.4, -0.2) is 59.5 Å². The molecule has 32 heavy (non-hydrogen) atoms. The van der Waals surface area contributed by atoms with Gasteiger partial charge in [-0.3, -0.25) is 19.7 Å². The topological polar surface area (TPSA) is 72.9 Å². The molecule has 1 aliphatic rings. The summed E-state index contributed by atoms with van der Waals surface area (Å²) in [5, 5.41) is 8.48. The smallest absolute Gasteiger partial charge is 0.243 e. The van der Waals surface area contributed by atoms with E-state index >= 15 is 0 Å². The molecule has 6 nitrogen and oxygen atoms in total. The molecule has 0 bridgehead atoms. The normalized spacial score (nSPS) is 14.5. The summed E-state index contributed by atoms with van der Waals surface area (Å²) < 4.78 is 0. The van der Waals surface area contributed by atoms with Crippen molar-refractivity contribution < 1.29 is 14.8 Å². The van der Waals surface area contributed by atoms with E-state index in [1.54, 1.807) is 5.48 Å². The number of amides is 2. The summed E-state index contributed by atoms with van der Waals surface area (Å²) in [5.41, 5.74) is 4.30. The zero-order valence-corrected chi connectivity index (χ0v) is 18.8. The summed E-state index contributed by atoms with van der Waals surface area (Å²) in [5.74, 6) is 0.216. The molecule has 0 aliphatic carbocycles. The Morgan fingerprint density at radius 3 is 1.84 bits per heavy atom. The predicted octanol–water partition coefficient (Wildman–Crippen LogP) is 3.81. The maximum absolute atomic E-state index is 12.6. The van der Waals surface area contributed by atoms with Gasteiger partial charge in [0.1, 0.15) is 0 Å². The predicted molar refractivity (Wildman–Crippen MR) is 125 cm³/mol. The van der Waals surface area contributed by atoms with Gasteiger partial charge in [-0.2, -0.15) is 0 Å². The van der Waals surface area contributed by atoms with Gasteiger partial charge in [0.2, 0.25) is 11.8 Å². The van der Waals surface area contributed by atoms with Crippen molar-refractivity contribution in [1.29, 1.82) is 0 Å². The van der Waals surface area contributed by atoms with Crippen molar-refractivity contribution in [2.24, 2.45) is 0 Å². The molecule has 172 valence electrons. The average Bonchev–Trinajstić information content (AvgIpc) is 2.85. The molecule has 2 amide bonds. The first-order valence-corrected chi connectivity index (χ1v) is 11.7. The van der Waals surface area contributed by atoms with Gasteiger partial charge in [0.15, 0.2) is 0 Å².